The average Bonchev–Trinajstić information content (AvgIpc) is 2.35. The molecule has 2 amide bonds. The molecule has 1 aromatic rings. The third-order valence-corrected chi connectivity index (χ3v) is 3.57. The third kappa shape index (κ3) is 6.02. The van der Waals surface area contributed by atoms with Crippen LogP contribution in [0.25, 0.3) is 0 Å². The lowest BCUT2D eigenvalue weighted by atomic mass is 9.87. The van der Waals surface area contributed by atoms with Crippen LogP contribution >= 0.6 is 0 Å². The van der Waals surface area contributed by atoms with E-state index in [-0.39, 0.29) is 17.3 Å². The molecule has 22 heavy (non-hydrogen) atoms. The fourth-order valence-electron chi connectivity index (χ4n) is 2.46. The first-order valence-electron chi connectivity index (χ1n) is 7.52. The fraction of sp³-hybridized carbons (Fsp3) is 0.588. The lowest BCUT2D eigenvalue weighted by molar-refractivity contribution is 0.128. The van der Waals surface area contributed by atoms with Crippen LogP contribution < -0.4 is 10.6 Å². The van der Waals surface area contributed by atoms with Crippen LogP contribution in [0.3, 0.4) is 0 Å². The van der Waals surface area contributed by atoms with Crippen molar-refractivity contribution >= 4 is 6.03 Å². The molecule has 5 heteroatoms. The molecule has 0 fully saturated rings. The molecule has 0 bridgehead atoms. The highest BCUT2D eigenvalue weighted by Crippen LogP contribution is 2.22. The van der Waals surface area contributed by atoms with E-state index in [2.05, 4.69) is 10.6 Å². The summed E-state index contributed by atoms with van der Waals surface area (Å²) in [5.74, 6) is -0.302. The van der Waals surface area contributed by atoms with E-state index < -0.39 is 11.6 Å². The van der Waals surface area contributed by atoms with Crippen LogP contribution in [0.1, 0.15) is 46.6 Å². The molecule has 0 heterocycles. The Bertz CT molecular complexity index is 496. The molecule has 1 rings (SSSR count). The van der Waals surface area contributed by atoms with E-state index in [0.717, 1.165) is 5.56 Å². The van der Waals surface area contributed by atoms with Crippen LogP contribution in [-0.4, -0.2) is 23.8 Å². The molecule has 124 valence electrons. The number of hydrogen-bond donors (Lipinski definition) is 3. The molecule has 0 saturated heterocycles. The van der Waals surface area contributed by atoms with Crippen molar-refractivity contribution in [2.75, 3.05) is 6.54 Å². The number of amides is 2. The first kappa shape index (κ1) is 18.4. The molecule has 0 aliphatic heterocycles. The number of urea groups is 1. The van der Waals surface area contributed by atoms with Gasteiger partial charge >= 0.3 is 6.03 Å². The molecule has 0 spiro atoms. The SMILES string of the molecule is CC(O)CC(C)(C)CNC(=O)NC(C)(C)c1ccc(F)cc1. The molecular formula is C17H27FN2O2. The largest absolute Gasteiger partial charge is 0.393 e. The number of aliphatic hydroxyl groups is 1. The Labute approximate surface area is 132 Å². The summed E-state index contributed by atoms with van der Waals surface area (Å²) in [5.41, 5.74) is 0.0323. The number of rotatable bonds is 6. The van der Waals surface area contributed by atoms with Crippen molar-refractivity contribution < 1.29 is 14.3 Å². The molecule has 1 atom stereocenters. The van der Waals surface area contributed by atoms with E-state index >= 15 is 0 Å². The van der Waals surface area contributed by atoms with E-state index in [0.29, 0.717) is 13.0 Å². The van der Waals surface area contributed by atoms with Gasteiger partial charge in [-0.05, 0) is 50.3 Å². The first-order valence-corrected chi connectivity index (χ1v) is 7.52. The van der Waals surface area contributed by atoms with E-state index in [1.807, 2.05) is 27.7 Å². The Morgan fingerprint density at radius 2 is 1.77 bits per heavy atom. The summed E-state index contributed by atoms with van der Waals surface area (Å²) in [6.45, 7) is 9.90. The Morgan fingerprint density at radius 1 is 1.23 bits per heavy atom. The molecule has 0 saturated carbocycles. The number of nitrogens with one attached hydrogen (secondary N) is 2. The minimum Gasteiger partial charge on any atom is -0.393 e. The maximum atomic E-state index is 13.0. The van der Waals surface area contributed by atoms with Gasteiger partial charge in [0.15, 0.2) is 0 Å². The van der Waals surface area contributed by atoms with Gasteiger partial charge in [-0.1, -0.05) is 26.0 Å². The van der Waals surface area contributed by atoms with Gasteiger partial charge < -0.3 is 15.7 Å². The highest BCUT2D eigenvalue weighted by molar-refractivity contribution is 5.75. The Kier molecular flexibility index (Phi) is 5.94. The molecule has 1 aromatic carbocycles. The number of benzene rings is 1. The Hall–Kier alpha value is -1.62. The van der Waals surface area contributed by atoms with Crippen molar-refractivity contribution in [1.29, 1.82) is 0 Å². The van der Waals surface area contributed by atoms with Crippen molar-refractivity contribution in [3.8, 4) is 0 Å². The molecule has 0 radical (unpaired) electrons. The molecule has 3 N–H and O–H groups in total. The summed E-state index contributed by atoms with van der Waals surface area (Å²) in [7, 11) is 0. The maximum absolute atomic E-state index is 13.0. The van der Waals surface area contributed by atoms with Crippen LogP contribution in [-0.2, 0) is 5.54 Å². The van der Waals surface area contributed by atoms with Crippen molar-refractivity contribution in [2.24, 2.45) is 5.41 Å². The summed E-state index contributed by atoms with van der Waals surface area (Å²) in [6, 6.07) is 5.79. The molecule has 0 aliphatic carbocycles. The zero-order chi connectivity index (χ0) is 17.0. The first-order chi connectivity index (χ1) is 10.0. The van der Waals surface area contributed by atoms with E-state index in [1.165, 1.54) is 12.1 Å². The van der Waals surface area contributed by atoms with Gasteiger partial charge in [0, 0.05) is 6.54 Å². The molecule has 0 aromatic heterocycles. The average molecular weight is 310 g/mol. The second-order valence-electron chi connectivity index (χ2n) is 7.16. The minimum absolute atomic E-state index is 0.189. The number of carbonyl (C=O) groups excluding carboxylic acids is 1. The van der Waals surface area contributed by atoms with Gasteiger partial charge in [0.2, 0.25) is 0 Å². The zero-order valence-corrected chi connectivity index (χ0v) is 14.0. The normalized spacial score (nSPS) is 13.6. The Morgan fingerprint density at radius 3 is 2.27 bits per heavy atom. The number of carbonyl (C=O) groups is 1. The van der Waals surface area contributed by atoms with Crippen LogP contribution in [0, 0.1) is 11.2 Å². The van der Waals surface area contributed by atoms with Crippen molar-refractivity contribution in [3.05, 3.63) is 35.6 Å². The van der Waals surface area contributed by atoms with Gasteiger partial charge in [0.05, 0.1) is 11.6 Å². The van der Waals surface area contributed by atoms with E-state index in [4.69, 9.17) is 0 Å². The van der Waals surface area contributed by atoms with Crippen LogP contribution in [0.4, 0.5) is 9.18 Å². The highest BCUT2D eigenvalue weighted by atomic mass is 19.1. The molecule has 1 unspecified atom stereocenters. The second-order valence-corrected chi connectivity index (χ2v) is 7.16. The van der Waals surface area contributed by atoms with Gasteiger partial charge in [-0.3, -0.25) is 0 Å². The zero-order valence-electron chi connectivity index (χ0n) is 14.0. The van der Waals surface area contributed by atoms with Gasteiger partial charge in [0.25, 0.3) is 0 Å². The van der Waals surface area contributed by atoms with Crippen LogP contribution in [0.5, 0.6) is 0 Å². The quantitative estimate of drug-likeness (QED) is 0.756. The molecular weight excluding hydrogens is 283 g/mol. The lowest BCUT2D eigenvalue weighted by Gasteiger charge is -2.30. The fourth-order valence-corrected chi connectivity index (χ4v) is 2.46. The summed E-state index contributed by atoms with van der Waals surface area (Å²) in [6.07, 6.45) is 0.199. The van der Waals surface area contributed by atoms with E-state index in [1.54, 1.807) is 19.1 Å². The summed E-state index contributed by atoms with van der Waals surface area (Å²) < 4.78 is 13.0. The smallest absolute Gasteiger partial charge is 0.315 e. The summed E-state index contributed by atoms with van der Waals surface area (Å²) in [4.78, 5) is 12.1. The maximum Gasteiger partial charge on any atom is 0.315 e. The van der Waals surface area contributed by atoms with Gasteiger partial charge in [-0.15, -0.1) is 0 Å². The molecule has 4 nitrogen and oxygen atoms in total. The lowest BCUT2D eigenvalue weighted by Crippen LogP contribution is -2.48. The minimum atomic E-state index is -0.605. The van der Waals surface area contributed by atoms with Gasteiger partial charge in [-0.25, -0.2) is 9.18 Å². The topological polar surface area (TPSA) is 61.4 Å². The number of aliphatic hydroxyl groups excluding tert-OH is 1. The summed E-state index contributed by atoms with van der Waals surface area (Å²) in [5, 5.41) is 15.2. The number of hydrogen-bond acceptors (Lipinski definition) is 2. The standard InChI is InChI=1S/C17H27FN2O2/c1-12(21)10-16(2,3)11-19-15(22)20-17(4,5)13-6-8-14(18)9-7-13/h6-9,12,21H,10-11H2,1-5H3,(H2,19,20,22). The second kappa shape index (κ2) is 7.09. The predicted octanol–water partition coefficient (Wildman–Crippen LogP) is 3.16. The predicted molar refractivity (Wildman–Crippen MR) is 86.0 cm³/mol. The summed E-state index contributed by atoms with van der Waals surface area (Å²) >= 11 is 0. The highest BCUT2D eigenvalue weighted by Gasteiger charge is 2.25. The van der Waals surface area contributed by atoms with Gasteiger partial charge in [-0.2, -0.15) is 0 Å². The Balaban J connectivity index is 2.58. The van der Waals surface area contributed by atoms with Gasteiger partial charge in [0.1, 0.15) is 5.82 Å². The molecule has 0 aliphatic rings. The van der Waals surface area contributed by atoms with Crippen molar-refractivity contribution in [2.45, 2.75) is 52.7 Å². The van der Waals surface area contributed by atoms with Crippen LogP contribution in [0.2, 0.25) is 0 Å². The van der Waals surface area contributed by atoms with Crippen molar-refractivity contribution in [3.63, 3.8) is 0 Å². The van der Waals surface area contributed by atoms with Crippen LogP contribution in [0.15, 0.2) is 24.3 Å². The van der Waals surface area contributed by atoms with E-state index in [9.17, 15) is 14.3 Å². The number of halogens is 1. The third-order valence-electron chi connectivity index (χ3n) is 3.57. The monoisotopic (exact) mass is 310 g/mol. The van der Waals surface area contributed by atoms with Crippen molar-refractivity contribution in [1.82, 2.24) is 10.6 Å².